The molecule has 0 aliphatic carbocycles. The molecule has 3 aromatic rings. The van der Waals surface area contributed by atoms with Crippen molar-refractivity contribution in [3.63, 3.8) is 0 Å². The molecule has 0 spiro atoms. The van der Waals surface area contributed by atoms with Gasteiger partial charge in [-0.15, -0.1) is 0 Å². The summed E-state index contributed by atoms with van der Waals surface area (Å²) in [5.41, 5.74) is 2.18. The van der Waals surface area contributed by atoms with Crippen molar-refractivity contribution in [2.75, 3.05) is 32.9 Å². The van der Waals surface area contributed by atoms with Gasteiger partial charge in [-0.1, -0.05) is 18.2 Å². The molecule has 1 aliphatic heterocycles. The van der Waals surface area contributed by atoms with Crippen LogP contribution in [0.15, 0.2) is 48.5 Å². The molecule has 2 aromatic carbocycles. The fraction of sp³-hybridized carbons (Fsp3) is 0.444. The van der Waals surface area contributed by atoms with Gasteiger partial charge in [0.2, 0.25) is 5.88 Å². The maximum atomic E-state index is 14.6. The zero-order valence-electron chi connectivity index (χ0n) is 20.7. The van der Waals surface area contributed by atoms with Gasteiger partial charge in [-0.3, -0.25) is 4.90 Å². The Kier molecular flexibility index (Phi) is 9.03. The summed E-state index contributed by atoms with van der Waals surface area (Å²) in [6.45, 7) is 6.59. The highest BCUT2D eigenvalue weighted by molar-refractivity contribution is 5.43. The number of ether oxygens (including phenoxy) is 3. The average molecular weight is 502 g/mol. The maximum Gasteiger partial charge on any atom is 0.227 e. The smallest absolute Gasteiger partial charge is 0.227 e. The van der Waals surface area contributed by atoms with Crippen LogP contribution in [-0.4, -0.2) is 64.9 Å². The predicted molar refractivity (Wildman–Crippen MR) is 131 cm³/mol. The minimum Gasteiger partial charge on any atom is -0.435 e. The summed E-state index contributed by atoms with van der Waals surface area (Å²) in [6.07, 6.45) is 1.33. The van der Waals surface area contributed by atoms with Gasteiger partial charge in [0.15, 0.2) is 11.6 Å². The highest BCUT2D eigenvalue weighted by Crippen LogP contribution is 2.33. The number of aliphatic hydroxyl groups excluding tert-OH is 1. The van der Waals surface area contributed by atoms with Crippen LogP contribution in [0.25, 0.3) is 5.69 Å². The number of hydrogen-bond donors (Lipinski definition) is 1. The third-order valence-electron chi connectivity index (χ3n) is 6.09. The van der Waals surface area contributed by atoms with Crippen molar-refractivity contribution in [2.24, 2.45) is 0 Å². The van der Waals surface area contributed by atoms with Gasteiger partial charge in [0.1, 0.15) is 5.82 Å². The Morgan fingerprint density at radius 3 is 2.72 bits per heavy atom. The van der Waals surface area contributed by atoms with Crippen LogP contribution in [0, 0.1) is 18.6 Å². The Hall–Kier alpha value is -2.85. The third kappa shape index (κ3) is 6.67. The topological polar surface area (TPSA) is 69.0 Å². The van der Waals surface area contributed by atoms with E-state index in [1.54, 1.807) is 4.68 Å². The second-order valence-electron chi connectivity index (χ2n) is 8.94. The molecule has 2 heterocycles. The minimum atomic E-state index is -0.803. The molecular formula is C27H33F2N3O4. The molecule has 36 heavy (non-hydrogen) atoms. The molecule has 0 bridgehead atoms. The third-order valence-corrected chi connectivity index (χ3v) is 6.09. The molecule has 194 valence electrons. The van der Waals surface area contributed by atoms with Gasteiger partial charge in [-0.25, -0.2) is 13.5 Å². The fourth-order valence-electron chi connectivity index (χ4n) is 4.34. The molecule has 2 atom stereocenters. The molecule has 1 N–H and O–H groups in total. The first-order valence-electron chi connectivity index (χ1n) is 12.3. The van der Waals surface area contributed by atoms with E-state index in [0.29, 0.717) is 37.8 Å². The van der Waals surface area contributed by atoms with E-state index in [4.69, 9.17) is 14.2 Å². The van der Waals surface area contributed by atoms with Gasteiger partial charge in [-0.2, -0.15) is 5.10 Å². The standard InChI is InChI=1S/C27H33F2N3O4/c1-3-34-18-22(33)15-31(16-23-10-7-13-35-23)17-24-19(2)30-32(21-8-5-4-6-9-21)27(24)36-26-12-11-20(28)14-25(26)29/h4-6,8-9,11-12,14,22-23,33H,3,7,10,13,15-18H2,1-2H3/t22-,23-/m0/s1. The fourth-order valence-corrected chi connectivity index (χ4v) is 4.34. The zero-order chi connectivity index (χ0) is 25.5. The van der Waals surface area contributed by atoms with Crippen molar-refractivity contribution in [3.05, 3.63) is 71.4 Å². The van der Waals surface area contributed by atoms with Crippen LogP contribution in [0.1, 0.15) is 31.0 Å². The number of nitrogens with zero attached hydrogens (tertiary/aromatic N) is 3. The lowest BCUT2D eigenvalue weighted by Crippen LogP contribution is -2.39. The van der Waals surface area contributed by atoms with Crippen molar-refractivity contribution >= 4 is 0 Å². The molecule has 1 aromatic heterocycles. The van der Waals surface area contributed by atoms with Crippen LogP contribution in [0.3, 0.4) is 0 Å². The molecule has 9 heteroatoms. The lowest BCUT2D eigenvalue weighted by molar-refractivity contribution is 0.00497. The van der Waals surface area contributed by atoms with Gasteiger partial charge in [0, 0.05) is 38.9 Å². The lowest BCUT2D eigenvalue weighted by atomic mass is 10.1. The lowest BCUT2D eigenvalue weighted by Gasteiger charge is -2.27. The molecule has 1 saturated heterocycles. The van der Waals surface area contributed by atoms with E-state index in [1.165, 1.54) is 6.07 Å². The molecule has 7 nitrogen and oxygen atoms in total. The molecule has 1 fully saturated rings. The summed E-state index contributed by atoms with van der Waals surface area (Å²) in [6, 6.07) is 12.6. The van der Waals surface area contributed by atoms with E-state index in [2.05, 4.69) is 10.00 Å². The molecule has 0 saturated carbocycles. The summed E-state index contributed by atoms with van der Waals surface area (Å²) in [5.74, 6) is -1.25. The van der Waals surface area contributed by atoms with Crippen LogP contribution < -0.4 is 4.74 Å². The van der Waals surface area contributed by atoms with Crippen molar-refractivity contribution in [3.8, 4) is 17.3 Å². The van der Waals surface area contributed by atoms with Gasteiger partial charge in [0.25, 0.3) is 0 Å². The van der Waals surface area contributed by atoms with Crippen molar-refractivity contribution in [2.45, 2.75) is 45.4 Å². The molecule has 4 rings (SSSR count). The molecular weight excluding hydrogens is 468 g/mol. The zero-order valence-corrected chi connectivity index (χ0v) is 20.7. The number of aromatic nitrogens is 2. The monoisotopic (exact) mass is 501 g/mol. The van der Waals surface area contributed by atoms with Crippen molar-refractivity contribution in [1.82, 2.24) is 14.7 Å². The first kappa shape index (κ1) is 26.2. The van der Waals surface area contributed by atoms with Crippen LogP contribution in [-0.2, 0) is 16.0 Å². The molecule has 0 unspecified atom stereocenters. The van der Waals surface area contributed by atoms with Crippen molar-refractivity contribution < 1.29 is 28.1 Å². The molecule has 1 aliphatic rings. The second kappa shape index (κ2) is 12.4. The van der Waals surface area contributed by atoms with E-state index < -0.39 is 17.7 Å². The first-order chi connectivity index (χ1) is 17.4. The van der Waals surface area contributed by atoms with Gasteiger partial charge in [0.05, 0.1) is 35.8 Å². The minimum absolute atomic E-state index is 0.0627. The van der Waals surface area contributed by atoms with Crippen LogP contribution >= 0.6 is 0 Å². The summed E-state index contributed by atoms with van der Waals surface area (Å²) in [5, 5.41) is 15.3. The second-order valence-corrected chi connectivity index (χ2v) is 8.94. The van der Waals surface area contributed by atoms with Gasteiger partial charge < -0.3 is 19.3 Å². The average Bonchev–Trinajstić information content (AvgIpc) is 3.48. The molecule has 0 radical (unpaired) electrons. The highest BCUT2D eigenvalue weighted by atomic mass is 19.1. The van der Waals surface area contributed by atoms with Crippen molar-refractivity contribution in [1.29, 1.82) is 0 Å². The van der Waals surface area contributed by atoms with E-state index >= 15 is 0 Å². The van der Waals surface area contributed by atoms with Crippen LogP contribution in [0.5, 0.6) is 11.6 Å². The Bertz CT molecular complexity index is 1120. The van der Waals surface area contributed by atoms with E-state index in [1.807, 2.05) is 44.2 Å². The normalized spacial score (nSPS) is 16.6. The predicted octanol–water partition coefficient (Wildman–Crippen LogP) is 4.63. The Balaban J connectivity index is 1.68. The highest BCUT2D eigenvalue weighted by Gasteiger charge is 2.26. The van der Waals surface area contributed by atoms with E-state index in [-0.39, 0.29) is 18.5 Å². The first-order valence-corrected chi connectivity index (χ1v) is 12.3. The maximum absolute atomic E-state index is 14.6. The SMILES string of the molecule is CCOC[C@@H](O)CN(Cc1c(C)nn(-c2ccccc2)c1Oc1ccc(F)cc1F)C[C@@H]1CCCO1. The van der Waals surface area contributed by atoms with Crippen LogP contribution in [0.2, 0.25) is 0 Å². The van der Waals surface area contributed by atoms with E-state index in [0.717, 1.165) is 42.8 Å². The number of benzene rings is 2. The number of hydrogen-bond acceptors (Lipinski definition) is 6. The number of rotatable bonds is 12. The Morgan fingerprint density at radius 2 is 2.03 bits per heavy atom. The quantitative estimate of drug-likeness (QED) is 0.390. The Labute approximate surface area is 210 Å². The number of aryl methyl sites for hydroxylation is 1. The number of halogens is 2. The summed E-state index contributed by atoms with van der Waals surface area (Å²) in [7, 11) is 0. The van der Waals surface area contributed by atoms with E-state index in [9.17, 15) is 13.9 Å². The van der Waals surface area contributed by atoms with Crippen LogP contribution in [0.4, 0.5) is 8.78 Å². The largest absolute Gasteiger partial charge is 0.435 e. The summed E-state index contributed by atoms with van der Waals surface area (Å²) in [4.78, 5) is 2.09. The Morgan fingerprint density at radius 1 is 1.22 bits per heavy atom. The summed E-state index contributed by atoms with van der Waals surface area (Å²) >= 11 is 0. The number of aliphatic hydroxyl groups is 1. The molecule has 0 amide bonds. The summed E-state index contributed by atoms with van der Waals surface area (Å²) < 4.78 is 47.0. The number of para-hydroxylation sites is 1. The van der Waals surface area contributed by atoms with Gasteiger partial charge >= 0.3 is 0 Å². The van der Waals surface area contributed by atoms with Gasteiger partial charge in [-0.05, 0) is 51.0 Å².